The highest BCUT2D eigenvalue weighted by Crippen LogP contribution is 2.29. The normalized spacial score (nSPS) is 13.8. The summed E-state index contributed by atoms with van der Waals surface area (Å²) < 4.78 is 10.1. The highest BCUT2D eigenvalue weighted by Gasteiger charge is 2.32. The molecule has 4 heteroatoms. The highest BCUT2D eigenvalue weighted by molar-refractivity contribution is 6.16. The van der Waals surface area contributed by atoms with Crippen molar-refractivity contribution in [3.8, 4) is 5.75 Å². The molecule has 4 nitrogen and oxygen atoms in total. The van der Waals surface area contributed by atoms with E-state index in [0.717, 1.165) is 6.42 Å². The van der Waals surface area contributed by atoms with Gasteiger partial charge in [-0.2, -0.15) is 0 Å². The van der Waals surface area contributed by atoms with E-state index in [2.05, 4.69) is 18.6 Å². The molecule has 90 valence electrons. The largest absolute Gasteiger partial charge is 0.493 e. The van der Waals surface area contributed by atoms with Crippen LogP contribution in [-0.2, 0) is 4.74 Å². The minimum atomic E-state index is -0.620. The number of rotatable bonds is 4. The van der Waals surface area contributed by atoms with E-state index in [1.165, 1.54) is 0 Å². The third-order valence-corrected chi connectivity index (χ3v) is 2.59. The van der Waals surface area contributed by atoms with Crippen molar-refractivity contribution in [3.63, 3.8) is 0 Å². The van der Waals surface area contributed by atoms with Crippen molar-refractivity contribution in [1.82, 2.24) is 0 Å². The van der Waals surface area contributed by atoms with Crippen LogP contribution in [0.3, 0.4) is 0 Å². The van der Waals surface area contributed by atoms with Crippen LogP contribution in [0.15, 0.2) is 18.2 Å². The molecule has 0 radical (unpaired) electrons. The molecule has 0 N–H and O–H groups in total. The van der Waals surface area contributed by atoms with Crippen molar-refractivity contribution >= 4 is 11.9 Å². The summed E-state index contributed by atoms with van der Waals surface area (Å²) in [5, 5.41) is 0. The fraction of sp³-hybridized carbons (Fsp3) is 0.385. The predicted octanol–water partition coefficient (Wildman–Crippen LogP) is 2.42. The standard InChI is InChI=1S/C13H14O4/c1-8(2)6-7-16-10-5-3-4-9-11(10)13(15)17-12(9)14/h3-5,8H,6-7H2,1-2H3. The molecule has 0 amide bonds. The maximum atomic E-state index is 11.5. The molecular formula is C13H14O4. The van der Waals surface area contributed by atoms with Gasteiger partial charge in [0.15, 0.2) is 0 Å². The smallest absolute Gasteiger partial charge is 0.350 e. The Hall–Kier alpha value is -1.84. The number of carbonyl (C=O) groups excluding carboxylic acids is 2. The van der Waals surface area contributed by atoms with E-state index in [1.807, 2.05) is 0 Å². The van der Waals surface area contributed by atoms with Crippen LogP contribution < -0.4 is 4.74 Å². The van der Waals surface area contributed by atoms with Gasteiger partial charge in [0.2, 0.25) is 0 Å². The van der Waals surface area contributed by atoms with Crippen LogP contribution in [-0.4, -0.2) is 18.5 Å². The van der Waals surface area contributed by atoms with E-state index < -0.39 is 11.9 Å². The predicted molar refractivity (Wildman–Crippen MR) is 61.1 cm³/mol. The Morgan fingerprint density at radius 3 is 2.71 bits per heavy atom. The average Bonchev–Trinajstić information content (AvgIpc) is 2.55. The lowest BCUT2D eigenvalue weighted by Crippen LogP contribution is -2.05. The van der Waals surface area contributed by atoms with Gasteiger partial charge in [-0.25, -0.2) is 9.59 Å². The number of benzene rings is 1. The van der Waals surface area contributed by atoms with Crippen LogP contribution >= 0.6 is 0 Å². The molecule has 0 bridgehead atoms. The molecule has 1 heterocycles. The van der Waals surface area contributed by atoms with Gasteiger partial charge in [-0.15, -0.1) is 0 Å². The van der Waals surface area contributed by atoms with E-state index in [4.69, 9.17) is 4.74 Å². The first-order valence-corrected chi connectivity index (χ1v) is 5.62. The molecule has 1 aliphatic rings. The SMILES string of the molecule is CC(C)CCOc1cccc2c1C(=O)OC2=O. The van der Waals surface area contributed by atoms with E-state index in [-0.39, 0.29) is 11.1 Å². The van der Waals surface area contributed by atoms with Crippen LogP contribution in [0.5, 0.6) is 5.75 Å². The summed E-state index contributed by atoms with van der Waals surface area (Å²) in [6.45, 7) is 4.71. The van der Waals surface area contributed by atoms with Crippen molar-refractivity contribution in [2.24, 2.45) is 5.92 Å². The van der Waals surface area contributed by atoms with Gasteiger partial charge in [0, 0.05) is 0 Å². The molecule has 2 rings (SSSR count). The summed E-state index contributed by atoms with van der Waals surface area (Å²) >= 11 is 0. The molecular weight excluding hydrogens is 220 g/mol. The van der Waals surface area contributed by atoms with Gasteiger partial charge >= 0.3 is 11.9 Å². The number of hydrogen-bond acceptors (Lipinski definition) is 4. The first-order chi connectivity index (χ1) is 8.09. The third kappa shape index (κ3) is 2.30. The summed E-state index contributed by atoms with van der Waals surface area (Å²) in [6.07, 6.45) is 0.895. The molecule has 1 aromatic carbocycles. The van der Waals surface area contributed by atoms with Gasteiger partial charge < -0.3 is 9.47 Å². The highest BCUT2D eigenvalue weighted by atomic mass is 16.6. The van der Waals surface area contributed by atoms with Gasteiger partial charge in [0.25, 0.3) is 0 Å². The Labute approximate surface area is 99.5 Å². The summed E-state index contributed by atoms with van der Waals surface area (Å²) in [4.78, 5) is 22.8. The van der Waals surface area contributed by atoms with Crippen LogP contribution in [0.1, 0.15) is 41.0 Å². The van der Waals surface area contributed by atoms with Crippen LogP contribution in [0.2, 0.25) is 0 Å². The number of ether oxygens (including phenoxy) is 2. The lowest BCUT2D eigenvalue weighted by molar-refractivity contribution is 0.0442. The summed E-state index contributed by atoms with van der Waals surface area (Å²) in [5.41, 5.74) is 0.540. The molecule has 0 saturated heterocycles. The van der Waals surface area contributed by atoms with Crippen LogP contribution in [0.4, 0.5) is 0 Å². The Bertz CT molecular complexity index is 462. The number of cyclic esters (lactones) is 2. The summed E-state index contributed by atoms with van der Waals surface area (Å²) in [7, 11) is 0. The molecule has 0 unspecified atom stereocenters. The number of hydrogen-bond donors (Lipinski definition) is 0. The van der Waals surface area contributed by atoms with E-state index >= 15 is 0 Å². The van der Waals surface area contributed by atoms with Crippen molar-refractivity contribution in [2.45, 2.75) is 20.3 Å². The van der Waals surface area contributed by atoms with Crippen LogP contribution in [0, 0.1) is 5.92 Å². The summed E-state index contributed by atoms with van der Waals surface area (Å²) in [5.74, 6) is -0.260. The Kier molecular flexibility index (Phi) is 3.13. The van der Waals surface area contributed by atoms with Gasteiger partial charge in [-0.3, -0.25) is 0 Å². The number of esters is 2. The van der Waals surface area contributed by atoms with Crippen molar-refractivity contribution in [3.05, 3.63) is 29.3 Å². The van der Waals surface area contributed by atoms with Gasteiger partial charge in [-0.05, 0) is 24.5 Å². The zero-order valence-electron chi connectivity index (χ0n) is 9.86. The second kappa shape index (κ2) is 4.57. The first-order valence-electron chi connectivity index (χ1n) is 5.62. The zero-order chi connectivity index (χ0) is 12.4. The topological polar surface area (TPSA) is 52.6 Å². The lowest BCUT2D eigenvalue weighted by atomic mass is 10.1. The Balaban J connectivity index is 2.19. The maximum Gasteiger partial charge on any atom is 0.350 e. The zero-order valence-corrected chi connectivity index (χ0v) is 9.86. The van der Waals surface area contributed by atoms with E-state index in [0.29, 0.717) is 18.3 Å². The monoisotopic (exact) mass is 234 g/mol. The van der Waals surface area contributed by atoms with Crippen molar-refractivity contribution in [2.75, 3.05) is 6.61 Å². The van der Waals surface area contributed by atoms with E-state index in [9.17, 15) is 9.59 Å². The lowest BCUT2D eigenvalue weighted by Gasteiger charge is -2.09. The molecule has 0 aliphatic carbocycles. The van der Waals surface area contributed by atoms with Gasteiger partial charge in [0.05, 0.1) is 12.2 Å². The molecule has 0 spiro atoms. The second-order valence-electron chi connectivity index (χ2n) is 4.39. The molecule has 0 saturated carbocycles. The Morgan fingerprint density at radius 1 is 1.24 bits per heavy atom. The van der Waals surface area contributed by atoms with Gasteiger partial charge in [-0.1, -0.05) is 19.9 Å². The van der Waals surface area contributed by atoms with Gasteiger partial charge in [0.1, 0.15) is 11.3 Å². The quantitative estimate of drug-likeness (QED) is 0.593. The molecule has 0 atom stereocenters. The second-order valence-corrected chi connectivity index (χ2v) is 4.39. The van der Waals surface area contributed by atoms with Crippen molar-refractivity contribution < 1.29 is 19.1 Å². The van der Waals surface area contributed by atoms with Crippen molar-refractivity contribution in [1.29, 1.82) is 0 Å². The molecule has 0 aromatic heterocycles. The first kappa shape index (κ1) is 11.6. The maximum absolute atomic E-state index is 11.5. The fourth-order valence-corrected chi connectivity index (χ4v) is 1.63. The Morgan fingerprint density at radius 2 is 2.00 bits per heavy atom. The molecule has 1 aromatic rings. The number of fused-ring (bicyclic) bond motifs is 1. The molecule has 0 fully saturated rings. The third-order valence-electron chi connectivity index (χ3n) is 2.59. The minimum Gasteiger partial charge on any atom is -0.493 e. The summed E-state index contributed by atoms with van der Waals surface area (Å²) in [6, 6.07) is 4.93. The molecule has 17 heavy (non-hydrogen) atoms. The molecule has 1 aliphatic heterocycles. The minimum absolute atomic E-state index is 0.251. The average molecular weight is 234 g/mol. The van der Waals surface area contributed by atoms with Crippen LogP contribution in [0.25, 0.3) is 0 Å². The van der Waals surface area contributed by atoms with E-state index in [1.54, 1.807) is 18.2 Å². The fourth-order valence-electron chi connectivity index (χ4n) is 1.63. The number of carbonyl (C=O) groups is 2.